The normalized spacial score (nSPS) is 10.6. The molecule has 0 aliphatic carbocycles. The second-order valence-corrected chi connectivity index (χ2v) is 4.96. The molecule has 4 N–H and O–H groups in total. The first-order valence-electron chi connectivity index (χ1n) is 5.72. The Bertz CT molecular complexity index is 786. The molecular formula is C13H10N4O2S. The minimum absolute atomic E-state index is 0.267. The van der Waals surface area contributed by atoms with Crippen LogP contribution in [0, 0.1) is 0 Å². The Morgan fingerprint density at radius 2 is 1.90 bits per heavy atom. The average Bonchev–Trinajstić information content (AvgIpc) is 2.77. The number of carbonyl (C=O) groups excluding carboxylic acids is 1. The Kier molecular flexibility index (Phi) is 2.96. The molecule has 0 bridgehead atoms. The average molecular weight is 286 g/mol. The van der Waals surface area contributed by atoms with Gasteiger partial charge in [0.2, 0.25) is 5.06 Å². The first kappa shape index (κ1) is 12.4. The van der Waals surface area contributed by atoms with E-state index in [9.17, 15) is 4.79 Å². The molecule has 1 aromatic carbocycles. The first-order valence-corrected chi connectivity index (χ1v) is 6.53. The molecule has 20 heavy (non-hydrogen) atoms. The molecule has 7 heteroatoms. The lowest BCUT2D eigenvalue weighted by Crippen LogP contribution is -1.98. The summed E-state index contributed by atoms with van der Waals surface area (Å²) < 4.78 is 4.81. The van der Waals surface area contributed by atoms with E-state index in [1.807, 2.05) is 30.3 Å². The van der Waals surface area contributed by atoms with E-state index in [4.69, 9.17) is 16.2 Å². The van der Waals surface area contributed by atoms with Crippen molar-refractivity contribution in [2.45, 2.75) is 0 Å². The largest absolute Gasteiger partial charge is 0.415 e. The summed E-state index contributed by atoms with van der Waals surface area (Å²) >= 11 is 1.16. The number of rotatable bonds is 3. The van der Waals surface area contributed by atoms with Gasteiger partial charge in [0.15, 0.2) is 5.82 Å². The molecule has 0 aliphatic rings. The quantitative estimate of drug-likeness (QED) is 0.714. The third kappa shape index (κ3) is 1.94. The highest BCUT2D eigenvalue weighted by Gasteiger charge is 2.17. The van der Waals surface area contributed by atoms with Crippen molar-refractivity contribution in [3.63, 3.8) is 0 Å². The first-order chi connectivity index (χ1) is 9.70. The Morgan fingerprint density at radius 3 is 2.60 bits per heavy atom. The second kappa shape index (κ2) is 4.78. The van der Waals surface area contributed by atoms with Crippen LogP contribution in [0.1, 0.15) is 0 Å². The molecule has 100 valence electrons. The summed E-state index contributed by atoms with van der Waals surface area (Å²) in [6.07, 6.45) is 0. The number of ether oxygens (including phenoxy) is 1. The van der Waals surface area contributed by atoms with Gasteiger partial charge in [-0.05, 0) is 0 Å². The summed E-state index contributed by atoms with van der Waals surface area (Å²) in [5, 5.41) is 0.799. The number of thiophene rings is 1. The Balaban J connectivity index is 2.22. The van der Waals surface area contributed by atoms with Crippen LogP contribution in [0.4, 0.5) is 11.5 Å². The van der Waals surface area contributed by atoms with Crippen molar-refractivity contribution in [2.24, 2.45) is 0 Å². The van der Waals surface area contributed by atoms with Crippen LogP contribution in [0.2, 0.25) is 0 Å². The van der Waals surface area contributed by atoms with E-state index >= 15 is 0 Å². The minimum atomic E-state index is 0.267. The molecule has 0 unspecified atom stereocenters. The van der Waals surface area contributed by atoms with Crippen molar-refractivity contribution in [1.29, 1.82) is 0 Å². The lowest BCUT2D eigenvalue weighted by Gasteiger charge is -2.02. The minimum Gasteiger partial charge on any atom is -0.415 e. The van der Waals surface area contributed by atoms with Gasteiger partial charge in [0, 0.05) is 5.56 Å². The fraction of sp³-hybridized carbons (Fsp3) is 0. The lowest BCUT2D eigenvalue weighted by molar-refractivity contribution is -0.120. The molecular weight excluding hydrogens is 276 g/mol. The number of anilines is 2. The van der Waals surface area contributed by atoms with Crippen LogP contribution in [0.5, 0.6) is 5.06 Å². The van der Waals surface area contributed by atoms with Crippen molar-refractivity contribution in [2.75, 3.05) is 11.5 Å². The molecule has 0 atom stereocenters. The van der Waals surface area contributed by atoms with E-state index in [2.05, 4.69) is 9.97 Å². The third-order valence-corrected chi connectivity index (χ3v) is 3.76. The molecule has 0 saturated carbocycles. The van der Waals surface area contributed by atoms with Crippen molar-refractivity contribution in [3.8, 4) is 16.5 Å². The Hall–Kier alpha value is -2.67. The number of benzene rings is 1. The maximum atomic E-state index is 10.4. The number of carbonyl (C=O) groups is 1. The van der Waals surface area contributed by atoms with E-state index in [0.29, 0.717) is 22.5 Å². The van der Waals surface area contributed by atoms with Gasteiger partial charge in [-0.1, -0.05) is 41.7 Å². The van der Waals surface area contributed by atoms with Gasteiger partial charge in [-0.2, -0.15) is 0 Å². The van der Waals surface area contributed by atoms with Crippen LogP contribution in [0.25, 0.3) is 21.6 Å². The van der Waals surface area contributed by atoms with Crippen LogP contribution < -0.4 is 16.2 Å². The number of nitrogens with zero attached hydrogens (tertiary/aromatic N) is 2. The maximum Gasteiger partial charge on any atom is 0.299 e. The topological polar surface area (TPSA) is 104 Å². The number of hydrogen-bond donors (Lipinski definition) is 2. The van der Waals surface area contributed by atoms with Crippen LogP contribution in [0.3, 0.4) is 0 Å². The van der Waals surface area contributed by atoms with Crippen molar-refractivity contribution in [3.05, 3.63) is 30.3 Å². The van der Waals surface area contributed by atoms with Gasteiger partial charge in [-0.3, -0.25) is 4.79 Å². The summed E-state index contributed by atoms with van der Waals surface area (Å²) in [7, 11) is 0. The van der Waals surface area contributed by atoms with Gasteiger partial charge in [0.25, 0.3) is 6.47 Å². The van der Waals surface area contributed by atoms with Crippen molar-refractivity contribution >= 4 is 39.5 Å². The predicted molar refractivity (Wildman–Crippen MR) is 78.4 cm³/mol. The van der Waals surface area contributed by atoms with Gasteiger partial charge in [0.05, 0.1) is 11.1 Å². The zero-order valence-corrected chi connectivity index (χ0v) is 11.1. The van der Waals surface area contributed by atoms with Crippen LogP contribution in [-0.2, 0) is 4.79 Å². The Labute approximate surface area is 118 Å². The molecule has 2 aromatic heterocycles. The molecule has 0 radical (unpaired) electrons. The highest BCUT2D eigenvalue weighted by atomic mass is 32.1. The number of aromatic nitrogens is 2. The van der Waals surface area contributed by atoms with E-state index < -0.39 is 0 Å². The molecule has 3 aromatic rings. The number of hydrogen-bond acceptors (Lipinski definition) is 7. The molecule has 0 aliphatic heterocycles. The second-order valence-electron chi connectivity index (χ2n) is 4.00. The van der Waals surface area contributed by atoms with Crippen LogP contribution >= 0.6 is 11.3 Å². The summed E-state index contributed by atoms with van der Waals surface area (Å²) in [6.45, 7) is 0.322. The van der Waals surface area contributed by atoms with Gasteiger partial charge in [-0.25, -0.2) is 9.97 Å². The van der Waals surface area contributed by atoms with Crippen molar-refractivity contribution < 1.29 is 9.53 Å². The lowest BCUT2D eigenvalue weighted by atomic mass is 10.2. The van der Waals surface area contributed by atoms with Crippen molar-refractivity contribution in [1.82, 2.24) is 9.97 Å². The van der Waals surface area contributed by atoms with Gasteiger partial charge >= 0.3 is 0 Å². The summed E-state index contributed by atoms with van der Waals surface area (Å²) in [6, 6.07) is 9.47. The standard InChI is InChI=1S/C13H10N4O2S/c14-9-8-10(15)16-11(7-4-2-1-3-5-7)17-12(8)20-13(9)19-6-18/h1-6H,14H2,(H2,15,16,17). The highest BCUT2D eigenvalue weighted by molar-refractivity contribution is 7.21. The van der Waals surface area contributed by atoms with Crippen LogP contribution in [0.15, 0.2) is 30.3 Å². The SMILES string of the molecule is Nc1nc(-c2ccccc2)nc2sc(OC=O)c(N)c12. The predicted octanol–water partition coefficient (Wildman–Crippen LogP) is 2.06. The Morgan fingerprint density at radius 1 is 1.15 bits per heavy atom. The molecule has 6 nitrogen and oxygen atoms in total. The summed E-state index contributed by atoms with van der Waals surface area (Å²) in [5.74, 6) is 0.776. The summed E-state index contributed by atoms with van der Waals surface area (Å²) in [5.41, 5.74) is 13.0. The zero-order chi connectivity index (χ0) is 14.1. The number of nitrogen functional groups attached to an aromatic ring is 2. The highest BCUT2D eigenvalue weighted by Crippen LogP contribution is 2.41. The fourth-order valence-corrected chi connectivity index (χ4v) is 2.80. The summed E-state index contributed by atoms with van der Waals surface area (Å²) in [4.78, 5) is 19.7. The van der Waals surface area contributed by atoms with Gasteiger partial charge in [0.1, 0.15) is 10.6 Å². The molecule has 0 amide bonds. The van der Waals surface area contributed by atoms with E-state index in [1.165, 1.54) is 0 Å². The molecule has 0 spiro atoms. The molecule has 3 rings (SSSR count). The molecule has 0 saturated heterocycles. The van der Waals surface area contributed by atoms with E-state index in [1.54, 1.807) is 0 Å². The fourth-order valence-electron chi connectivity index (χ4n) is 1.88. The van der Waals surface area contributed by atoms with Gasteiger partial charge < -0.3 is 16.2 Å². The maximum absolute atomic E-state index is 10.4. The molecule has 2 heterocycles. The van der Waals surface area contributed by atoms with Crippen LogP contribution in [-0.4, -0.2) is 16.4 Å². The third-order valence-electron chi connectivity index (χ3n) is 2.77. The molecule has 0 fully saturated rings. The monoisotopic (exact) mass is 286 g/mol. The number of nitrogens with two attached hydrogens (primary N) is 2. The van der Waals surface area contributed by atoms with E-state index in [-0.39, 0.29) is 16.6 Å². The smallest absolute Gasteiger partial charge is 0.299 e. The van der Waals surface area contributed by atoms with Gasteiger partial charge in [-0.15, -0.1) is 0 Å². The number of fused-ring (bicyclic) bond motifs is 1. The zero-order valence-electron chi connectivity index (χ0n) is 10.2. The van der Waals surface area contributed by atoms with E-state index in [0.717, 1.165) is 16.9 Å².